The van der Waals surface area contributed by atoms with E-state index in [0.29, 0.717) is 5.92 Å². The van der Waals surface area contributed by atoms with Crippen LogP contribution in [-0.4, -0.2) is 0 Å². The largest absolute Gasteiger partial charge is 0.0848 e. The number of hydrogen-bond acceptors (Lipinski definition) is 0. The van der Waals surface area contributed by atoms with Gasteiger partial charge in [0.15, 0.2) is 0 Å². The Labute approximate surface area is 207 Å². The summed E-state index contributed by atoms with van der Waals surface area (Å²) in [6.45, 7) is 9.08. The lowest BCUT2D eigenvalue weighted by molar-refractivity contribution is 0.732. The molecule has 0 aromatic heterocycles. The fourth-order valence-electron chi connectivity index (χ4n) is 4.89. The molecule has 0 nitrogen and oxygen atoms in total. The van der Waals surface area contributed by atoms with Crippen LogP contribution in [-0.2, 0) is 12.8 Å². The van der Waals surface area contributed by atoms with Gasteiger partial charge >= 0.3 is 0 Å². The van der Waals surface area contributed by atoms with Gasteiger partial charge in [0.25, 0.3) is 0 Å². The molecule has 1 saturated carbocycles. The summed E-state index contributed by atoms with van der Waals surface area (Å²) in [4.78, 5) is 0. The minimum Gasteiger partial charge on any atom is -0.0848 e. The second-order valence-electron chi connectivity index (χ2n) is 9.84. The van der Waals surface area contributed by atoms with Crippen molar-refractivity contribution in [1.82, 2.24) is 0 Å². The van der Waals surface area contributed by atoms with E-state index in [0.717, 1.165) is 25.2 Å². The minimum atomic E-state index is 0.608. The summed E-state index contributed by atoms with van der Waals surface area (Å²) in [5, 5.41) is 0. The molecule has 0 heteroatoms. The number of allylic oxidation sites excluding steroid dienone is 4. The summed E-state index contributed by atoms with van der Waals surface area (Å²) in [7, 11) is 0. The molecule has 1 aliphatic rings. The van der Waals surface area contributed by atoms with Crippen LogP contribution in [0.15, 0.2) is 85.0 Å². The maximum atomic E-state index is 2.43. The van der Waals surface area contributed by atoms with Crippen LogP contribution in [0.2, 0.25) is 0 Å². The Kier molecular flexibility index (Phi) is 8.22. The standard InChI is InChI=1S/C34H40/c1-5-8-9-13-29(23-31-14-10-11-17-33(31)27-18-19-27)30-15-12-16-32(24-30)34-21-20-28(25(4)6-2)22-26(34)7-3/h8-17,20-22,24-25,27H,5-7,18-19,23H2,1-4H3/b9-8-,29-13+. The van der Waals surface area contributed by atoms with Gasteiger partial charge in [-0.1, -0.05) is 107 Å². The van der Waals surface area contributed by atoms with Gasteiger partial charge in [-0.05, 0) is 101 Å². The lowest BCUT2D eigenvalue weighted by atomic mass is 9.88. The molecule has 0 heterocycles. The molecule has 3 aromatic rings. The van der Waals surface area contributed by atoms with Crippen LogP contribution in [0.1, 0.15) is 93.0 Å². The average molecular weight is 449 g/mol. The number of hydrogen-bond donors (Lipinski definition) is 0. The summed E-state index contributed by atoms with van der Waals surface area (Å²) < 4.78 is 0. The highest BCUT2D eigenvalue weighted by Gasteiger charge is 2.25. The van der Waals surface area contributed by atoms with Gasteiger partial charge in [-0.25, -0.2) is 0 Å². The van der Waals surface area contributed by atoms with Crippen LogP contribution in [0, 0.1) is 0 Å². The summed E-state index contributed by atoms with van der Waals surface area (Å²) in [6, 6.07) is 25.4. The Morgan fingerprint density at radius 1 is 0.912 bits per heavy atom. The van der Waals surface area contributed by atoms with E-state index in [4.69, 9.17) is 0 Å². The van der Waals surface area contributed by atoms with E-state index >= 15 is 0 Å². The molecule has 34 heavy (non-hydrogen) atoms. The highest BCUT2D eigenvalue weighted by atomic mass is 14.3. The van der Waals surface area contributed by atoms with Gasteiger partial charge in [0.05, 0.1) is 0 Å². The number of aryl methyl sites for hydroxylation is 1. The summed E-state index contributed by atoms with van der Waals surface area (Å²) in [6.07, 6.45) is 13.8. The van der Waals surface area contributed by atoms with Gasteiger partial charge in [-0.2, -0.15) is 0 Å². The highest BCUT2D eigenvalue weighted by molar-refractivity contribution is 5.76. The van der Waals surface area contributed by atoms with Crippen molar-refractivity contribution in [3.05, 3.63) is 113 Å². The monoisotopic (exact) mass is 448 g/mol. The van der Waals surface area contributed by atoms with Crippen LogP contribution in [0.4, 0.5) is 0 Å². The predicted octanol–water partition coefficient (Wildman–Crippen LogP) is 9.90. The van der Waals surface area contributed by atoms with Crippen molar-refractivity contribution in [2.24, 2.45) is 0 Å². The SMILES string of the molecule is CC/C=C\C=C(/Cc1ccccc1C1CC1)c1cccc(-c2ccc(C(C)CC)cc2CC)c1. The Hall–Kier alpha value is -2.86. The maximum absolute atomic E-state index is 2.43. The van der Waals surface area contributed by atoms with Gasteiger partial charge in [0.2, 0.25) is 0 Å². The molecule has 0 saturated heterocycles. The van der Waals surface area contributed by atoms with E-state index in [2.05, 4.69) is 113 Å². The lowest BCUT2D eigenvalue weighted by Gasteiger charge is -2.16. The minimum absolute atomic E-state index is 0.608. The molecular weight excluding hydrogens is 408 g/mol. The van der Waals surface area contributed by atoms with Gasteiger partial charge in [-0.15, -0.1) is 0 Å². The Bertz CT molecular complexity index is 1160. The van der Waals surface area contributed by atoms with Gasteiger partial charge < -0.3 is 0 Å². The molecular formula is C34H40. The molecule has 0 bridgehead atoms. The topological polar surface area (TPSA) is 0 Å². The second-order valence-corrected chi connectivity index (χ2v) is 9.84. The molecule has 1 fully saturated rings. The smallest absolute Gasteiger partial charge is 0.00170 e. The molecule has 0 aliphatic heterocycles. The average Bonchev–Trinajstić information content (AvgIpc) is 3.73. The van der Waals surface area contributed by atoms with Crippen molar-refractivity contribution in [1.29, 1.82) is 0 Å². The van der Waals surface area contributed by atoms with Crippen molar-refractivity contribution in [2.75, 3.05) is 0 Å². The predicted molar refractivity (Wildman–Crippen MR) is 149 cm³/mol. The number of rotatable bonds is 10. The highest BCUT2D eigenvalue weighted by Crippen LogP contribution is 2.42. The fourth-order valence-corrected chi connectivity index (χ4v) is 4.89. The molecule has 0 amide bonds. The van der Waals surface area contributed by atoms with Gasteiger partial charge in [-0.3, -0.25) is 0 Å². The van der Waals surface area contributed by atoms with Crippen molar-refractivity contribution in [3.8, 4) is 11.1 Å². The normalized spacial score (nSPS) is 15.1. The zero-order valence-corrected chi connectivity index (χ0v) is 21.5. The van der Waals surface area contributed by atoms with E-state index in [1.54, 1.807) is 5.56 Å². The van der Waals surface area contributed by atoms with Crippen LogP contribution in [0.3, 0.4) is 0 Å². The van der Waals surface area contributed by atoms with Gasteiger partial charge in [0, 0.05) is 0 Å². The van der Waals surface area contributed by atoms with E-state index in [1.165, 1.54) is 58.2 Å². The zero-order valence-electron chi connectivity index (χ0n) is 21.5. The summed E-state index contributed by atoms with van der Waals surface area (Å²) >= 11 is 0. The van der Waals surface area contributed by atoms with Crippen molar-refractivity contribution < 1.29 is 0 Å². The van der Waals surface area contributed by atoms with E-state index < -0.39 is 0 Å². The summed E-state index contributed by atoms with van der Waals surface area (Å²) in [5.74, 6) is 1.38. The molecule has 1 aliphatic carbocycles. The number of benzene rings is 3. The van der Waals surface area contributed by atoms with Crippen molar-refractivity contribution in [3.63, 3.8) is 0 Å². The van der Waals surface area contributed by atoms with Crippen LogP contribution >= 0.6 is 0 Å². The van der Waals surface area contributed by atoms with Crippen LogP contribution in [0.25, 0.3) is 16.7 Å². The van der Waals surface area contributed by atoms with Gasteiger partial charge in [0.1, 0.15) is 0 Å². The van der Waals surface area contributed by atoms with Crippen LogP contribution in [0.5, 0.6) is 0 Å². The first-order valence-electron chi connectivity index (χ1n) is 13.3. The molecule has 4 rings (SSSR count). The van der Waals surface area contributed by atoms with Crippen molar-refractivity contribution in [2.45, 2.75) is 78.1 Å². The maximum Gasteiger partial charge on any atom is -0.00170 e. The Balaban J connectivity index is 1.71. The van der Waals surface area contributed by atoms with Crippen LogP contribution < -0.4 is 0 Å². The quantitative estimate of drug-likeness (QED) is 0.271. The second kappa shape index (κ2) is 11.5. The molecule has 0 radical (unpaired) electrons. The fraction of sp³-hybridized carbons (Fsp3) is 0.353. The first kappa shape index (κ1) is 24.3. The summed E-state index contributed by atoms with van der Waals surface area (Å²) in [5.41, 5.74) is 11.4. The Morgan fingerprint density at radius 2 is 1.74 bits per heavy atom. The molecule has 0 spiro atoms. The first-order valence-corrected chi connectivity index (χ1v) is 13.3. The molecule has 1 atom stereocenters. The lowest BCUT2D eigenvalue weighted by Crippen LogP contribution is -1.98. The first-order chi connectivity index (χ1) is 16.6. The molecule has 176 valence electrons. The van der Waals surface area contributed by atoms with E-state index in [-0.39, 0.29) is 0 Å². The molecule has 0 N–H and O–H groups in total. The van der Waals surface area contributed by atoms with E-state index in [9.17, 15) is 0 Å². The third-order valence-corrected chi connectivity index (χ3v) is 7.36. The third kappa shape index (κ3) is 5.79. The van der Waals surface area contributed by atoms with E-state index in [1.807, 2.05) is 0 Å². The zero-order chi connectivity index (χ0) is 23.9. The molecule has 3 aromatic carbocycles. The Morgan fingerprint density at radius 3 is 2.47 bits per heavy atom. The van der Waals surface area contributed by atoms with Crippen molar-refractivity contribution >= 4 is 5.57 Å². The third-order valence-electron chi connectivity index (χ3n) is 7.36. The molecule has 1 unspecified atom stereocenters.